The summed E-state index contributed by atoms with van der Waals surface area (Å²) in [5.74, 6) is -0.198. The van der Waals surface area contributed by atoms with Crippen molar-refractivity contribution in [1.29, 1.82) is 0 Å². The molecule has 0 radical (unpaired) electrons. The van der Waals surface area contributed by atoms with Gasteiger partial charge in [0.25, 0.3) is 5.91 Å². The first-order valence-electron chi connectivity index (χ1n) is 4.79. The van der Waals surface area contributed by atoms with Gasteiger partial charge in [-0.05, 0) is 18.6 Å². The Morgan fingerprint density at radius 2 is 2.12 bits per heavy atom. The van der Waals surface area contributed by atoms with Gasteiger partial charge in [0.2, 0.25) is 0 Å². The standard InChI is InChI=1S/C11H13N3O.ClH/c1-8-7-14(13-11(15)6-12)10-5-3-2-4-9(8)10;/h2-5,7H,6,12H2,1H3,(H,13,15);1H. The Kier molecular flexibility index (Phi) is 3.93. The van der Waals surface area contributed by atoms with Crippen molar-refractivity contribution < 1.29 is 4.79 Å². The zero-order valence-corrected chi connectivity index (χ0v) is 9.75. The molecule has 0 bridgehead atoms. The lowest BCUT2D eigenvalue weighted by Crippen LogP contribution is -2.28. The van der Waals surface area contributed by atoms with Gasteiger partial charge in [0.15, 0.2) is 0 Å². The molecule has 0 aliphatic heterocycles. The Morgan fingerprint density at radius 3 is 2.81 bits per heavy atom. The van der Waals surface area contributed by atoms with Crippen molar-refractivity contribution in [1.82, 2.24) is 4.68 Å². The smallest absolute Gasteiger partial charge is 0.252 e. The van der Waals surface area contributed by atoms with Crippen LogP contribution in [0.25, 0.3) is 10.9 Å². The van der Waals surface area contributed by atoms with Gasteiger partial charge in [-0.3, -0.25) is 14.9 Å². The van der Waals surface area contributed by atoms with Crippen molar-refractivity contribution in [3.63, 3.8) is 0 Å². The Bertz CT molecular complexity index is 507. The Labute approximate surface area is 99.8 Å². The SMILES string of the molecule is Cc1cn(NC(=O)CN)c2ccccc12.Cl. The highest BCUT2D eigenvalue weighted by Crippen LogP contribution is 2.18. The second-order valence-electron chi connectivity index (χ2n) is 3.44. The number of benzene rings is 1. The van der Waals surface area contributed by atoms with Gasteiger partial charge in [-0.25, -0.2) is 0 Å². The van der Waals surface area contributed by atoms with Crippen molar-refractivity contribution in [2.45, 2.75) is 6.92 Å². The summed E-state index contributed by atoms with van der Waals surface area (Å²) in [4.78, 5) is 11.2. The van der Waals surface area contributed by atoms with Gasteiger partial charge in [-0.2, -0.15) is 0 Å². The second kappa shape index (κ2) is 5.01. The molecule has 0 spiro atoms. The van der Waals surface area contributed by atoms with Crippen molar-refractivity contribution >= 4 is 29.2 Å². The van der Waals surface area contributed by atoms with E-state index in [2.05, 4.69) is 5.43 Å². The summed E-state index contributed by atoms with van der Waals surface area (Å²) < 4.78 is 1.71. The third kappa shape index (κ3) is 2.18. The number of fused-ring (bicyclic) bond motifs is 1. The number of aromatic nitrogens is 1. The number of aryl methyl sites for hydroxylation is 1. The van der Waals surface area contributed by atoms with Crippen LogP contribution in [0.4, 0.5) is 0 Å². The van der Waals surface area contributed by atoms with E-state index in [1.807, 2.05) is 37.4 Å². The first-order valence-corrected chi connectivity index (χ1v) is 4.79. The number of carbonyl (C=O) groups is 1. The third-order valence-electron chi connectivity index (χ3n) is 2.34. The number of para-hydroxylation sites is 1. The maximum absolute atomic E-state index is 11.2. The van der Waals surface area contributed by atoms with E-state index in [1.54, 1.807) is 4.68 Å². The molecule has 0 saturated carbocycles. The Morgan fingerprint density at radius 1 is 1.44 bits per heavy atom. The van der Waals surface area contributed by atoms with Gasteiger partial charge in [0.05, 0.1) is 12.1 Å². The van der Waals surface area contributed by atoms with Crippen molar-refractivity contribution in [2.75, 3.05) is 12.0 Å². The van der Waals surface area contributed by atoms with Crippen LogP contribution in [0.1, 0.15) is 5.56 Å². The normalized spacial score (nSPS) is 9.88. The number of halogens is 1. The van der Waals surface area contributed by atoms with E-state index in [0.717, 1.165) is 16.5 Å². The quantitative estimate of drug-likeness (QED) is 0.832. The average molecular weight is 240 g/mol. The molecule has 0 saturated heterocycles. The fourth-order valence-corrected chi connectivity index (χ4v) is 1.62. The molecule has 0 aliphatic rings. The minimum atomic E-state index is -0.198. The molecule has 1 aromatic carbocycles. The molecule has 2 aromatic rings. The molecule has 3 N–H and O–H groups in total. The van der Waals surface area contributed by atoms with Crippen LogP contribution in [0.3, 0.4) is 0 Å². The number of amides is 1. The third-order valence-corrected chi connectivity index (χ3v) is 2.34. The number of nitrogens with zero attached hydrogens (tertiary/aromatic N) is 1. The second-order valence-corrected chi connectivity index (χ2v) is 3.44. The molecule has 2 rings (SSSR count). The van der Waals surface area contributed by atoms with Gasteiger partial charge in [-0.1, -0.05) is 18.2 Å². The maximum Gasteiger partial charge on any atom is 0.252 e. The van der Waals surface area contributed by atoms with Crippen molar-refractivity contribution in [3.05, 3.63) is 36.0 Å². The first-order chi connectivity index (χ1) is 7.22. The summed E-state index contributed by atoms with van der Waals surface area (Å²) in [6, 6.07) is 7.90. The van der Waals surface area contributed by atoms with Crippen LogP contribution in [-0.2, 0) is 4.79 Å². The molecule has 5 heteroatoms. The molecule has 1 aromatic heterocycles. The fraction of sp³-hybridized carbons (Fsp3) is 0.182. The summed E-state index contributed by atoms with van der Waals surface area (Å²) in [5, 5.41) is 1.13. The number of nitrogens with two attached hydrogens (primary N) is 1. The first kappa shape index (κ1) is 12.5. The molecule has 0 fully saturated rings. The molecule has 16 heavy (non-hydrogen) atoms. The highest BCUT2D eigenvalue weighted by Gasteiger charge is 2.05. The molecule has 0 unspecified atom stereocenters. The zero-order valence-electron chi connectivity index (χ0n) is 8.93. The predicted molar refractivity (Wildman–Crippen MR) is 67.3 cm³/mol. The lowest BCUT2D eigenvalue weighted by atomic mass is 10.2. The van der Waals surface area contributed by atoms with E-state index in [9.17, 15) is 4.79 Å². The topological polar surface area (TPSA) is 60.0 Å². The lowest BCUT2D eigenvalue weighted by molar-refractivity contribution is -0.115. The summed E-state index contributed by atoms with van der Waals surface area (Å²) in [6.45, 7) is 2.00. The molecular formula is C11H14ClN3O. The number of rotatable bonds is 2. The Hall–Kier alpha value is -1.52. The lowest BCUT2D eigenvalue weighted by Gasteiger charge is -2.05. The maximum atomic E-state index is 11.2. The Balaban J connectivity index is 0.00000128. The summed E-state index contributed by atoms with van der Waals surface area (Å²) in [6.07, 6.45) is 1.89. The van der Waals surface area contributed by atoms with Crippen LogP contribution in [-0.4, -0.2) is 17.1 Å². The minimum Gasteiger partial charge on any atom is -0.322 e. The van der Waals surface area contributed by atoms with Crippen LogP contribution in [0.2, 0.25) is 0 Å². The summed E-state index contributed by atoms with van der Waals surface area (Å²) >= 11 is 0. The molecule has 86 valence electrons. The van der Waals surface area contributed by atoms with Gasteiger partial charge < -0.3 is 5.73 Å². The van der Waals surface area contributed by atoms with E-state index in [-0.39, 0.29) is 24.9 Å². The van der Waals surface area contributed by atoms with Crippen LogP contribution >= 0.6 is 12.4 Å². The van der Waals surface area contributed by atoms with Crippen molar-refractivity contribution in [2.24, 2.45) is 5.73 Å². The van der Waals surface area contributed by atoms with Gasteiger partial charge in [-0.15, -0.1) is 12.4 Å². The molecule has 0 atom stereocenters. The van der Waals surface area contributed by atoms with E-state index >= 15 is 0 Å². The van der Waals surface area contributed by atoms with E-state index in [1.165, 1.54) is 0 Å². The van der Waals surface area contributed by atoms with Gasteiger partial charge in [0.1, 0.15) is 0 Å². The molecule has 4 nitrogen and oxygen atoms in total. The highest BCUT2D eigenvalue weighted by molar-refractivity contribution is 5.90. The molecule has 1 amide bonds. The molecule has 0 aliphatic carbocycles. The summed E-state index contributed by atoms with van der Waals surface area (Å²) in [7, 11) is 0. The monoisotopic (exact) mass is 239 g/mol. The molecular weight excluding hydrogens is 226 g/mol. The van der Waals surface area contributed by atoms with E-state index < -0.39 is 0 Å². The number of carbonyl (C=O) groups excluding carboxylic acids is 1. The van der Waals surface area contributed by atoms with Crippen LogP contribution in [0.15, 0.2) is 30.5 Å². The predicted octanol–water partition coefficient (Wildman–Crippen LogP) is 1.40. The number of nitrogens with one attached hydrogen (secondary N) is 1. The van der Waals surface area contributed by atoms with E-state index in [0.29, 0.717) is 0 Å². The van der Waals surface area contributed by atoms with E-state index in [4.69, 9.17) is 5.73 Å². The fourth-order valence-electron chi connectivity index (χ4n) is 1.62. The van der Waals surface area contributed by atoms with Crippen LogP contribution < -0.4 is 11.2 Å². The number of hydrogen-bond donors (Lipinski definition) is 2. The summed E-state index contributed by atoms with van der Waals surface area (Å²) in [5.41, 5.74) is 10.1. The molecule has 1 heterocycles. The average Bonchev–Trinajstić information content (AvgIpc) is 2.57. The van der Waals surface area contributed by atoms with Crippen LogP contribution in [0.5, 0.6) is 0 Å². The van der Waals surface area contributed by atoms with Crippen LogP contribution in [0, 0.1) is 6.92 Å². The van der Waals surface area contributed by atoms with Gasteiger partial charge >= 0.3 is 0 Å². The zero-order chi connectivity index (χ0) is 10.8. The van der Waals surface area contributed by atoms with Crippen molar-refractivity contribution in [3.8, 4) is 0 Å². The van der Waals surface area contributed by atoms with Gasteiger partial charge in [0, 0.05) is 11.6 Å². The number of hydrogen-bond acceptors (Lipinski definition) is 2. The largest absolute Gasteiger partial charge is 0.322 e. The minimum absolute atomic E-state index is 0. The highest BCUT2D eigenvalue weighted by atomic mass is 35.5.